The number of rotatable bonds is 2. The molecule has 1 aromatic heterocycles. The molecule has 0 aliphatic heterocycles. The van der Waals surface area contributed by atoms with Crippen LogP contribution in [0.3, 0.4) is 0 Å². The zero-order chi connectivity index (χ0) is 11.1. The summed E-state index contributed by atoms with van der Waals surface area (Å²) in [6.45, 7) is 0. The second-order valence-electron chi connectivity index (χ2n) is 3.44. The van der Waals surface area contributed by atoms with E-state index < -0.39 is 5.54 Å². The summed E-state index contributed by atoms with van der Waals surface area (Å²) in [5.41, 5.74) is 4.93. The molecule has 1 amide bonds. The van der Waals surface area contributed by atoms with E-state index in [0.29, 0.717) is 12.8 Å². The molecule has 1 aliphatic rings. The van der Waals surface area contributed by atoms with Crippen LogP contribution in [0.4, 0.5) is 5.82 Å². The Morgan fingerprint density at radius 2 is 2.13 bits per heavy atom. The van der Waals surface area contributed by atoms with Crippen molar-refractivity contribution in [2.45, 2.75) is 18.4 Å². The molecule has 0 saturated heterocycles. The van der Waals surface area contributed by atoms with E-state index in [1.165, 1.54) is 6.33 Å². The van der Waals surface area contributed by atoms with Crippen molar-refractivity contribution < 1.29 is 4.79 Å². The van der Waals surface area contributed by atoms with Crippen LogP contribution in [0.5, 0.6) is 0 Å². The molecule has 5 nitrogen and oxygen atoms in total. The maximum Gasteiger partial charge on any atom is 0.245 e. The predicted molar refractivity (Wildman–Crippen MR) is 56.8 cm³/mol. The lowest BCUT2D eigenvalue weighted by atomic mass is 10.3. The number of nitrogens with one attached hydrogen (secondary N) is 1. The summed E-state index contributed by atoms with van der Waals surface area (Å²) >= 11 is 11.5. The molecule has 15 heavy (non-hydrogen) atoms. The van der Waals surface area contributed by atoms with Gasteiger partial charge in [0.2, 0.25) is 5.91 Å². The smallest absolute Gasteiger partial charge is 0.245 e. The zero-order valence-electron chi connectivity index (χ0n) is 7.63. The standard InChI is InChI=1S/C8H8Cl2N4O/c9-4-5(10)12-3-13-6(4)14-7(15)8(11)1-2-8/h3H,1-2,11H2,(H,12,13,14,15). The first kappa shape index (κ1) is 10.6. The fraction of sp³-hybridized carbons (Fsp3) is 0.375. The van der Waals surface area contributed by atoms with E-state index in [0.717, 1.165) is 0 Å². The van der Waals surface area contributed by atoms with Gasteiger partial charge in [0.25, 0.3) is 0 Å². The van der Waals surface area contributed by atoms with Crippen LogP contribution in [0.25, 0.3) is 0 Å². The van der Waals surface area contributed by atoms with E-state index in [-0.39, 0.29) is 21.9 Å². The Kier molecular flexibility index (Phi) is 2.54. The molecule has 0 radical (unpaired) electrons. The van der Waals surface area contributed by atoms with Crippen LogP contribution in [0, 0.1) is 0 Å². The molecule has 1 heterocycles. The van der Waals surface area contributed by atoms with Gasteiger partial charge in [-0.3, -0.25) is 4.79 Å². The van der Waals surface area contributed by atoms with Gasteiger partial charge in [0, 0.05) is 0 Å². The van der Waals surface area contributed by atoms with Gasteiger partial charge >= 0.3 is 0 Å². The van der Waals surface area contributed by atoms with Gasteiger partial charge < -0.3 is 11.1 Å². The van der Waals surface area contributed by atoms with E-state index in [4.69, 9.17) is 28.9 Å². The molecule has 0 aromatic carbocycles. The molecule has 3 N–H and O–H groups in total. The molecule has 0 unspecified atom stereocenters. The lowest BCUT2D eigenvalue weighted by molar-refractivity contribution is -0.118. The molecule has 0 spiro atoms. The first-order valence-electron chi connectivity index (χ1n) is 4.29. The van der Waals surface area contributed by atoms with Gasteiger partial charge in [-0.1, -0.05) is 23.2 Å². The molecule has 1 fully saturated rings. The van der Waals surface area contributed by atoms with Crippen molar-refractivity contribution in [1.82, 2.24) is 9.97 Å². The highest BCUT2D eigenvalue weighted by molar-refractivity contribution is 6.43. The van der Waals surface area contributed by atoms with Crippen molar-refractivity contribution in [3.05, 3.63) is 16.5 Å². The normalized spacial score (nSPS) is 17.3. The summed E-state index contributed by atoms with van der Waals surface area (Å²) < 4.78 is 0. The number of hydrogen-bond donors (Lipinski definition) is 2. The molecular weight excluding hydrogens is 239 g/mol. The van der Waals surface area contributed by atoms with E-state index >= 15 is 0 Å². The average molecular weight is 247 g/mol. The van der Waals surface area contributed by atoms with Crippen LogP contribution in [0.15, 0.2) is 6.33 Å². The van der Waals surface area contributed by atoms with Gasteiger partial charge in [0.1, 0.15) is 11.3 Å². The summed E-state index contributed by atoms with van der Waals surface area (Å²) in [5.74, 6) is -0.0995. The Morgan fingerprint density at radius 1 is 1.47 bits per heavy atom. The number of anilines is 1. The summed E-state index contributed by atoms with van der Waals surface area (Å²) in [6, 6.07) is 0. The predicted octanol–water partition coefficient (Wildman–Crippen LogP) is 1.21. The second-order valence-corrected chi connectivity index (χ2v) is 4.17. The Morgan fingerprint density at radius 3 is 2.73 bits per heavy atom. The van der Waals surface area contributed by atoms with Crippen LogP contribution >= 0.6 is 23.2 Å². The first-order chi connectivity index (χ1) is 7.03. The van der Waals surface area contributed by atoms with Gasteiger partial charge in [-0.05, 0) is 12.8 Å². The van der Waals surface area contributed by atoms with Crippen LogP contribution in [0.2, 0.25) is 10.2 Å². The lowest BCUT2D eigenvalue weighted by Crippen LogP contribution is -2.38. The number of amides is 1. The molecule has 7 heteroatoms. The van der Waals surface area contributed by atoms with E-state index in [1.54, 1.807) is 0 Å². The third-order valence-corrected chi connectivity index (χ3v) is 2.96. The quantitative estimate of drug-likeness (QED) is 0.769. The Balaban J connectivity index is 2.17. The van der Waals surface area contributed by atoms with Crippen molar-refractivity contribution in [2.75, 3.05) is 5.32 Å². The fourth-order valence-corrected chi connectivity index (χ4v) is 1.31. The molecule has 1 aromatic rings. The van der Waals surface area contributed by atoms with Gasteiger partial charge in [-0.15, -0.1) is 0 Å². The lowest BCUT2D eigenvalue weighted by Gasteiger charge is -2.10. The molecule has 2 rings (SSSR count). The third-order valence-electron chi connectivity index (χ3n) is 2.22. The molecule has 0 atom stereocenters. The SMILES string of the molecule is NC1(C(=O)Nc2ncnc(Cl)c2Cl)CC1. The van der Waals surface area contributed by atoms with Gasteiger partial charge in [-0.25, -0.2) is 9.97 Å². The first-order valence-corrected chi connectivity index (χ1v) is 5.05. The summed E-state index contributed by atoms with van der Waals surface area (Å²) in [7, 11) is 0. The monoisotopic (exact) mass is 246 g/mol. The number of nitrogens with two attached hydrogens (primary N) is 1. The summed E-state index contributed by atoms with van der Waals surface area (Å²) in [4.78, 5) is 19.0. The number of halogens is 2. The number of hydrogen-bond acceptors (Lipinski definition) is 4. The van der Waals surface area contributed by atoms with Crippen LogP contribution < -0.4 is 11.1 Å². The van der Waals surface area contributed by atoms with Gasteiger partial charge in [0.15, 0.2) is 11.0 Å². The minimum absolute atomic E-state index is 0.101. The summed E-state index contributed by atoms with van der Waals surface area (Å²) in [6.07, 6.45) is 2.57. The molecular formula is C8H8Cl2N4O. The van der Waals surface area contributed by atoms with Gasteiger partial charge in [-0.2, -0.15) is 0 Å². The minimum Gasteiger partial charge on any atom is -0.317 e. The Hall–Kier alpha value is -0.910. The zero-order valence-corrected chi connectivity index (χ0v) is 9.14. The molecule has 1 aliphatic carbocycles. The Bertz CT molecular complexity index is 419. The molecule has 1 saturated carbocycles. The minimum atomic E-state index is -0.763. The van der Waals surface area contributed by atoms with E-state index in [1.807, 2.05) is 0 Å². The largest absolute Gasteiger partial charge is 0.317 e. The maximum atomic E-state index is 11.6. The van der Waals surface area contributed by atoms with Crippen LogP contribution in [-0.4, -0.2) is 21.4 Å². The fourth-order valence-electron chi connectivity index (χ4n) is 1.03. The van der Waals surface area contributed by atoms with Crippen LogP contribution in [-0.2, 0) is 4.79 Å². The van der Waals surface area contributed by atoms with E-state index in [2.05, 4.69) is 15.3 Å². The third kappa shape index (κ3) is 2.04. The van der Waals surface area contributed by atoms with E-state index in [9.17, 15) is 4.79 Å². The number of aromatic nitrogens is 2. The molecule has 0 bridgehead atoms. The average Bonchev–Trinajstić information content (AvgIpc) is 2.93. The number of nitrogens with zero attached hydrogens (tertiary/aromatic N) is 2. The van der Waals surface area contributed by atoms with Crippen LogP contribution in [0.1, 0.15) is 12.8 Å². The summed E-state index contributed by atoms with van der Waals surface area (Å²) in [5, 5.41) is 2.74. The highest BCUT2D eigenvalue weighted by Gasteiger charge is 2.46. The highest BCUT2D eigenvalue weighted by Crippen LogP contribution is 2.34. The van der Waals surface area contributed by atoms with Crippen molar-refractivity contribution in [3.8, 4) is 0 Å². The maximum absolute atomic E-state index is 11.6. The van der Waals surface area contributed by atoms with Crippen molar-refractivity contribution in [2.24, 2.45) is 5.73 Å². The Labute approximate surface area is 96.0 Å². The molecule has 80 valence electrons. The number of carbonyl (C=O) groups is 1. The second kappa shape index (κ2) is 3.59. The van der Waals surface area contributed by atoms with Crippen molar-refractivity contribution >= 4 is 34.9 Å². The highest BCUT2D eigenvalue weighted by atomic mass is 35.5. The topological polar surface area (TPSA) is 80.9 Å². The van der Waals surface area contributed by atoms with Gasteiger partial charge in [0.05, 0.1) is 5.54 Å². The van der Waals surface area contributed by atoms with Crippen molar-refractivity contribution in [1.29, 1.82) is 0 Å². The van der Waals surface area contributed by atoms with Crippen molar-refractivity contribution in [3.63, 3.8) is 0 Å². The number of carbonyl (C=O) groups excluding carboxylic acids is 1.